The first kappa shape index (κ1) is 4.45. The Labute approximate surface area is 179 Å². The van der Waals surface area contributed by atoms with Gasteiger partial charge in [0.05, 0.1) is 16.5 Å². The van der Waals surface area contributed by atoms with Crippen LogP contribution in [-0.4, -0.2) is 54.5 Å². The highest BCUT2D eigenvalue weighted by molar-refractivity contribution is 5.90. The Morgan fingerprint density at radius 2 is 2.44 bits per heavy atom. The van der Waals surface area contributed by atoms with E-state index in [1.165, 1.54) is 0 Å². The van der Waals surface area contributed by atoms with Crippen LogP contribution in [0.25, 0.3) is 0 Å². The molecule has 0 aromatic heterocycles. The van der Waals surface area contributed by atoms with Crippen LogP contribution in [0.1, 0.15) is 71.8 Å². The normalized spacial score (nSPS) is 76.5. The van der Waals surface area contributed by atoms with Gasteiger partial charge in [-0.25, -0.2) is 0 Å². The number of ketones is 1. The van der Waals surface area contributed by atoms with E-state index in [1.807, 2.05) is 0 Å². The van der Waals surface area contributed by atoms with Crippen molar-refractivity contribution in [3.8, 4) is 11.5 Å². The summed E-state index contributed by atoms with van der Waals surface area (Å²) >= 11 is 0. The second-order valence-corrected chi connectivity index (χ2v) is 5.88. The summed E-state index contributed by atoms with van der Waals surface area (Å²) in [5, 5.41) is 9.08. The van der Waals surface area contributed by atoms with Crippen LogP contribution in [0.15, 0.2) is 12.1 Å². The van der Waals surface area contributed by atoms with Crippen molar-refractivity contribution in [2.45, 2.75) is 61.4 Å². The molecular weight excluding hydrogens is 318 g/mol. The van der Waals surface area contributed by atoms with Gasteiger partial charge in [-0.15, -0.1) is 0 Å². The maximum absolute atomic E-state index is 14.0. The first-order valence-corrected chi connectivity index (χ1v) is 7.19. The second kappa shape index (κ2) is 4.38. The quantitative estimate of drug-likeness (QED) is 0.848. The van der Waals surface area contributed by atoms with E-state index in [0.717, 1.165) is 0 Å². The molecule has 2 saturated carbocycles. The summed E-state index contributed by atoms with van der Waals surface area (Å²) in [6, 6.07) is -7.43. The molecule has 5 nitrogen and oxygen atoms in total. The molecule has 25 heavy (non-hydrogen) atoms. The molecule has 1 spiro atoms. The number of likely N-dealkylation sites (tertiary alicyclic amines) is 1. The molecule has 5 aliphatic rings. The van der Waals surface area contributed by atoms with Crippen molar-refractivity contribution in [2.75, 3.05) is 13.0 Å². The summed E-state index contributed by atoms with van der Waals surface area (Å²) in [6.45, 7) is -9.03. The SMILES string of the molecule is [2H]Oc1c([2H])c([2H])c2c3c1O[C@@]1([2H])C(=O)C([2H])([2H])C([2H])([2H])[C@]4(O[2H])[C@@]31C([2H])([2H])C([2H])([2H])N(C([2H])([2H])C1([2H])C([2H])([2H])C1([2H])[2H])[C@]4([2H])C2([2H])[2H]. The van der Waals surface area contributed by atoms with Crippen molar-refractivity contribution >= 4 is 5.78 Å². The molecule has 4 atom stereocenters. The standard InChI is InChI=1S/C20H23NO4/c22-13-4-3-12-9-15-20(24)6-5-14(23)18-19(20,16(12)17(13)25-18)7-8-21(15)10-11-1-2-11/h3-4,11,15,18,22,24H,1-2,5-10H2/t15-,18+,19+,20-/m1/s1/i1D2,2D2,3D,4D,5D2,6D2,7D2,8D2,9D2,10D2,11D,15D,18D,24D/hD. The largest absolute Gasteiger partial charge is 0.504 e. The van der Waals surface area contributed by atoms with Gasteiger partial charge in [-0.05, 0) is 55.9 Å². The Bertz CT molecular complexity index is 1710. The number of piperidine rings is 1. The number of Topliss-reactive ketones (excluding diaryl/α,β-unsaturated/α-hetero) is 1. The smallest absolute Gasteiger partial charge is 0.293 e. The van der Waals surface area contributed by atoms with Crippen molar-refractivity contribution < 1.29 is 48.5 Å². The molecule has 0 unspecified atom stereocenters. The minimum atomic E-state index is -4.68. The Morgan fingerprint density at radius 1 is 1.52 bits per heavy atom. The van der Waals surface area contributed by atoms with Crippen LogP contribution in [0.5, 0.6) is 11.5 Å². The zero-order valence-electron chi connectivity index (χ0n) is 35.1. The van der Waals surface area contributed by atoms with Crippen molar-refractivity contribution in [3.05, 3.63) is 23.2 Å². The number of phenolic OH excluding ortho intramolecular Hbond substituents is 1. The fourth-order valence-corrected chi connectivity index (χ4v) is 3.50. The Balaban J connectivity index is 1.99. The van der Waals surface area contributed by atoms with Crippen LogP contribution in [0.3, 0.4) is 0 Å². The lowest BCUT2D eigenvalue weighted by Gasteiger charge is -2.62. The van der Waals surface area contributed by atoms with Crippen molar-refractivity contribution in [3.63, 3.8) is 0 Å². The molecule has 1 saturated heterocycles. The minimum absolute atomic E-state index is 0.911. The van der Waals surface area contributed by atoms with Gasteiger partial charge < -0.3 is 15.0 Å². The van der Waals surface area contributed by atoms with Crippen molar-refractivity contribution in [2.24, 2.45) is 5.89 Å². The number of aliphatic hydroxyl groups is 1. The lowest BCUT2D eigenvalue weighted by Crippen LogP contribution is -2.76. The van der Waals surface area contributed by atoms with Gasteiger partial charge in [0.15, 0.2) is 23.4 Å². The van der Waals surface area contributed by atoms with E-state index >= 15 is 0 Å². The number of rotatable bonds is 4. The van der Waals surface area contributed by atoms with Crippen LogP contribution in [0, 0.1) is 5.89 Å². The van der Waals surface area contributed by atoms with Gasteiger partial charge in [0.25, 0.3) is 1.43 Å². The fourth-order valence-electron chi connectivity index (χ4n) is 3.50. The van der Waals surface area contributed by atoms with E-state index in [0.29, 0.717) is 0 Å². The number of carbonyl (C=O) groups excluding carboxylic acids is 1. The van der Waals surface area contributed by atoms with Gasteiger partial charge in [-0.2, -0.15) is 0 Å². The monoisotopic (exact) mass is 364 g/mol. The van der Waals surface area contributed by atoms with E-state index in [1.54, 1.807) is 0 Å². The maximum atomic E-state index is 14.0. The van der Waals surface area contributed by atoms with Gasteiger partial charge in [-0.3, -0.25) is 9.69 Å². The Kier molecular flexibility index (Phi) is 0.780. The zero-order chi connectivity index (χ0) is 37.2. The highest BCUT2D eigenvalue weighted by Gasteiger charge is 2.73. The minimum Gasteiger partial charge on any atom is -0.504 e. The van der Waals surface area contributed by atoms with E-state index in [2.05, 4.69) is 5.11 Å². The van der Waals surface area contributed by atoms with E-state index < -0.39 is 126 Å². The third kappa shape index (κ3) is 1.56. The molecule has 2 N–H and O–H groups in total. The fraction of sp³-hybridized carbons (Fsp3) is 0.650. The van der Waals surface area contributed by atoms with Crippen molar-refractivity contribution in [1.29, 1.82) is 2.86 Å². The molecule has 1 aromatic carbocycles. The molecule has 132 valence electrons. The third-order valence-corrected chi connectivity index (χ3v) is 4.62. The molecule has 0 radical (unpaired) electrons. The number of aromatic hydroxyl groups is 1. The summed E-state index contributed by atoms with van der Waals surface area (Å²) in [4.78, 5) is 13.1. The summed E-state index contributed by atoms with van der Waals surface area (Å²) < 4.78 is 206. The van der Waals surface area contributed by atoms with Gasteiger partial charge in [0.2, 0.25) is 1.43 Å². The topological polar surface area (TPSA) is 70.0 Å². The van der Waals surface area contributed by atoms with E-state index in [4.69, 9.17) is 33.3 Å². The summed E-state index contributed by atoms with van der Waals surface area (Å²) in [6.07, 6.45) is -29.0. The molecule has 2 heterocycles. The predicted octanol–water partition coefficient (Wildman–Crippen LogP) is 1.53. The lowest BCUT2D eigenvalue weighted by atomic mass is 9.49. The zero-order valence-corrected chi connectivity index (χ0v) is 12.1. The first-order valence-electron chi connectivity index (χ1n) is 18.5. The molecule has 1 aromatic rings. The van der Waals surface area contributed by atoms with Gasteiger partial charge >= 0.3 is 0 Å². The molecule has 6 rings (SSSR count). The summed E-state index contributed by atoms with van der Waals surface area (Å²) in [5.41, 5.74) is -11.7. The molecule has 3 aliphatic carbocycles. The van der Waals surface area contributed by atoms with E-state index in [-0.39, 0.29) is 0 Å². The highest BCUT2D eigenvalue weighted by atomic mass is 16.5. The lowest BCUT2D eigenvalue weighted by molar-refractivity contribution is -0.188. The summed E-state index contributed by atoms with van der Waals surface area (Å²) in [5.74, 6) is -8.88. The average Bonchev–Trinajstić information content (AvgIpc) is 3.12. The average molecular weight is 365 g/mol. The molecule has 5 heteroatoms. The summed E-state index contributed by atoms with van der Waals surface area (Å²) in [7, 11) is 0. The first-order chi connectivity index (χ1) is 21.2. The van der Waals surface area contributed by atoms with Gasteiger partial charge in [-0.1, -0.05) is 6.04 Å². The number of benzene rings is 1. The van der Waals surface area contributed by atoms with Crippen LogP contribution in [0.4, 0.5) is 0 Å². The maximum Gasteiger partial charge on any atom is 0.293 e. The van der Waals surface area contributed by atoms with Crippen LogP contribution < -0.4 is 4.74 Å². The Hall–Kier alpha value is -1.59. The van der Waals surface area contributed by atoms with Gasteiger partial charge in [0, 0.05) is 47.8 Å². The highest BCUT2D eigenvalue weighted by Crippen LogP contribution is 2.64. The third-order valence-electron chi connectivity index (χ3n) is 4.62. The number of hydrogen-bond donors (Lipinski definition) is 2. The Morgan fingerprint density at radius 3 is 3.24 bits per heavy atom. The molecule has 0 amide bonds. The van der Waals surface area contributed by atoms with Gasteiger partial charge in [0.1, 0.15) is 0 Å². The van der Waals surface area contributed by atoms with Crippen LogP contribution in [-0.2, 0) is 16.6 Å². The molecule has 2 bridgehead atoms. The number of nitrogens with zero attached hydrogens (tertiary/aromatic N) is 1. The van der Waals surface area contributed by atoms with Crippen LogP contribution in [0.2, 0.25) is 0 Å². The van der Waals surface area contributed by atoms with Crippen molar-refractivity contribution in [1.82, 2.24) is 4.90 Å². The van der Waals surface area contributed by atoms with Crippen LogP contribution >= 0.6 is 0 Å². The molecule has 2 aliphatic heterocycles. The number of phenols is 1. The molecular formula is C20H23NO4. The number of carbonyl (C=O) groups is 1. The second-order valence-electron chi connectivity index (χ2n) is 5.88. The molecule has 3 fully saturated rings. The number of hydrogen-bond acceptors (Lipinski definition) is 5. The van der Waals surface area contributed by atoms with E-state index in [9.17, 15) is 13.0 Å². The predicted molar refractivity (Wildman–Crippen MR) is 89.8 cm³/mol. The number of ether oxygens (including phenoxy) is 1.